The van der Waals surface area contributed by atoms with Crippen LogP contribution in [-0.4, -0.2) is 26.6 Å². The van der Waals surface area contributed by atoms with Crippen LogP contribution in [0.2, 0.25) is 0 Å². The molecule has 2 N–H and O–H groups in total. The SMILES string of the molecule is O=C(Cc1csc(NC(=O)c2cccs2)n1)Nc1cccc(Cn2cccn2)c1. The van der Waals surface area contributed by atoms with Gasteiger partial charge in [-0.25, -0.2) is 4.98 Å². The number of nitrogens with one attached hydrogen (secondary N) is 2. The first-order chi connectivity index (χ1) is 14.2. The lowest BCUT2D eigenvalue weighted by Crippen LogP contribution is -2.15. The van der Waals surface area contributed by atoms with Gasteiger partial charge in [0, 0.05) is 23.5 Å². The summed E-state index contributed by atoms with van der Waals surface area (Å²) >= 11 is 2.67. The van der Waals surface area contributed by atoms with E-state index in [0.717, 1.165) is 11.3 Å². The molecular weight excluding hydrogens is 406 g/mol. The van der Waals surface area contributed by atoms with Gasteiger partial charge in [-0.2, -0.15) is 5.10 Å². The van der Waals surface area contributed by atoms with Gasteiger partial charge in [-0.3, -0.25) is 19.6 Å². The predicted octanol–water partition coefficient (Wildman–Crippen LogP) is 3.88. The maximum Gasteiger partial charge on any atom is 0.267 e. The molecule has 29 heavy (non-hydrogen) atoms. The molecule has 0 saturated carbocycles. The van der Waals surface area contributed by atoms with Crippen LogP contribution in [0, 0.1) is 0 Å². The number of carbonyl (C=O) groups is 2. The lowest BCUT2D eigenvalue weighted by atomic mass is 10.2. The van der Waals surface area contributed by atoms with Crippen molar-refractivity contribution < 1.29 is 9.59 Å². The number of thiophene rings is 1. The summed E-state index contributed by atoms with van der Waals surface area (Å²) in [5.41, 5.74) is 2.38. The van der Waals surface area contributed by atoms with Crippen LogP contribution in [0.4, 0.5) is 10.8 Å². The number of aromatic nitrogens is 3. The summed E-state index contributed by atoms with van der Waals surface area (Å²) in [6.45, 7) is 0.635. The van der Waals surface area contributed by atoms with Crippen molar-refractivity contribution in [2.24, 2.45) is 0 Å². The van der Waals surface area contributed by atoms with E-state index in [4.69, 9.17) is 0 Å². The Morgan fingerprint density at radius 1 is 1.07 bits per heavy atom. The van der Waals surface area contributed by atoms with Crippen molar-refractivity contribution in [2.45, 2.75) is 13.0 Å². The minimum Gasteiger partial charge on any atom is -0.326 e. The van der Waals surface area contributed by atoms with Crippen molar-refractivity contribution in [1.82, 2.24) is 14.8 Å². The molecule has 9 heteroatoms. The summed E-state index contributed by atoms with van der Waals surface area (Å²) in [4.78, 5) is 29.4. The number of carbonyl (C=O) groups excluding carboxylic acids is 2. The number of hydrogen-bond donors (Lipinski definition) is 2. The number of anilines is 2. The monoisotopic (exact) mass is 423 g/mol. The molecule has 7 nitrogen and oxygen atoms in total. The summed E-state index contributed by atoms with van der Waals surface area (Å²) in [6.07, 6.45) is 3.76. The first kappa shape index (κ1) is 19.0. The van der Waals surface area contributed by atoms with Crippen molar-refractivity contribution >= 4 is 45.3 Å². The summed E-state index contributed by atoms with van der Waals surface area (Å²) in [7, 11) is 0. The molecule has 0 aliphatic rings. The standard InChI is InChI=1S/C20H17N5O2S2/c26-18(22-15-5-1-4-14(10-15)12-25-8-3-7-21-25)11-16-13-29-20(23-16)24-19(27)17-6-2-9-28-17/h1-10,13H,11-12H2,(H,22,26)(H,23,24,27). The zero-order valence-electron chi connectivity index (χ0n) is 15.2. The average molecular weight is 424 g/mol. The Kier molecular flexibility index (Phi) is 5.78. The molecule has 0 unspecified atom stereocenters. The third-order valence-electron chi connectivity index (χ3n) is 3.97. The number of hydrogen-bond acceptors (Lipinski definition) is 6. The van der Waals surface area contributed by atoms with Gasteiger partial charge in [-0.15, -0.1) is 22.7 Å². The molecule has 0 bridgehead atoms. The highest BCUT2D eigenvalue weighted by Crippen LogP contribution is 2.19. The van der Waals surface area contributed by atoms with Gasteiger partial charge in [0.15, 0.2) is 5.13 Å². The largest absolute Gasteiger partial charge is 0.326 e. The van der Waals surface area contributed by atoms with Gasteiger partial charge in [0.1, 0.15) is 0 Å². The van der Waals surface area contributed by atoms with Crippen LogP contribution in [0.25, 0.3) is 0 Å². The van der Waals surface area contributed by atoms with Gasteiger partial charge in [0.2, 0.25) is 5.91 Å². The molecule has 0 aliphatic heterocycles. The van der Waals surface area contributed by atoms with E-state index in [9.17, 15) is 9.59 Å². The van der Waals surface area contributed by atoms with E-state index in [-0.39, 0.29) is 18.2 Å². The van der Waals surface area contributed by atoms with Crippen molar-refractivity contribution in [3.8, 4) is 0 Å². The maximum absolute atomic E-state index is 12.4. The van der Waals surface area contributed by atoms with Gasteiger partial charge in [0.25, 0.3) is 5.91 Å². The molecule has 4 aromatic rings. The van der Waals surface area contributed by atoms with Crippen LogP contribution < -0.4 is 10.6 Å². The summed E-state index contributed by atoms with van der Waals surface area (Å²) < 4.78 is 1.82. The molecule has 0 fully saturated rings. The second kappa shape index (κ2) is 8.80. The Bertz CT molecular complexity index is 1100. The van der Waals surface area contributed by atoms with Gasteiger partial charge in [0.05, 0.1) is 23.5 Å². The van der Waals surface area contributed by atoms with E-state index >= 15 is 0 Å². The molecule has 146 valence electrons. The molecule has 0 aliphatic carbocycles. The summed E-state index contributed by atoms with van der Waals surface area (Å²) in [5, 5.41) is 13.9. The molecule has 0 radical (unpaired) electrons. The fourth-order valence-electron chi connectivity index (χ4n) is 2.71. The normalized spacial score (nSPS) is 10.6. The summed E-state index contributed by atoms with van der Waals surface area (Å²) in [6, 6.07) is 13.1. The Morgan fingerprint density at radius 3 is 2.79 bits per heavy atom. The molecule has 0 atom stereocenters. The van der Waals surface area contributed by atoms with E-state index in [2.05, 4.69) is 20.7 Å². The van der Waals surface area contributed by atoms with E-state index in [1.165, 1.54) is 22.7 Å². The summed E-state index contributed by atoms with van der Waals surface area (Å²) in [5.74, 6) is -0.359. The van der Waals surface area contributed by atoms with E-state index in [0.29, 0.717) is 22.2 Å². The highest BCUT2D eigenvalue weighted by molar-refractivity contribution is 7.14. The van der Waals surface area contributed by atoms with Crippen LogP contribution in [-0.2, 0) is 17.8 Å². The number of amides is 2. The van der Waals surface area contributed by atoms with Crippen LogP contribution in [0.1, 0.15) is 20.9 Å². The highest BCUT2D eigenvalue weighted by Gasteiger charge is 2.12. The minimum absolute atomic E-state index is 0.134. The molecule has 3 heterocycles. The highest BCUT2D eigenvalue weighted by atomic mass is 32.1. The molecule has 1 aromatic carbocycles. The van der Waals surface area contributed by atoms with Gasteiger partial charge in [-0.1, -0.05) is 18.2 Å². The van der Waals surface area contributed by atoms with Crippen LogP contribution in [0.5, 0.6) is 0 Å². The molecule has 0 saturated heterocycles. The van der Waals surface area contributed by atoms with E-state index < -0.39 is 0 Å². The van der Waals surface area contributed by atoms with Gasteiger partial charge in [-0.05, 0) is 35.2 Å². The lowest BCUT2D eigenvalue weighted by molar-refractivity contribution is -0.115. The van der Waals surface area contributed by atoms with Crippen molar-refractivity contribution in [1.29, 1.82) is 0 Å². The van der Waals surface area contributed by atoms with E-state index in [1.54, 1.807) is 17.6 Å². The first-order valence-electron chi connectivity index (χ1n) is 8.81. The molecule has 4 rings (SSSR count). The van der Waals surface area contributed by atoms with Crippen molar-refractivity contribution in [2.75, 3.05) is 10.6 Å². The van der Waals surface area contributed by atoms with Crippen LogP contribution >= 0.6 is 22.7 Å². The Labute approximate surface area is 175 Å². The van der Waals surface area contributed by atoms with E-state index in [1.807, 2.05) is 52.7 Å². The first-order valence-corrected chi connectivity index (χ1v) is 10.6. The molecule has 2 amide bonds. The zero-order valence-corrected chi connectivity index (χ0v) is 16.9. The average Bonchev–Trinajstić information content (AvgIpc) is 3.45. The van der Waals surface area contributed by atoms with Crippen molar-refractivity contribution in [3.63, 3.8) is 0 Å². The Hall–Kier alpha value is -3.30. The molecule has 3 aromatic heterocycles. The quantitative estimate of drug-likeness (QED) is 0.472. The second-order valence-corrected chi connectivity index (χ2v) is 8.01. The van der Waals surface area contributed by atoms with Crippen LogP contribution in [0.3, 0.4) is 0 Å². The number of rotatable bonds is 7. The molecule has 0 spiro atoms. The Morgan fingerprint density at radius 2 is 2.00 bits per heavy atom. The van der Waals surface area contributed by atoms with Crippen molar-refractivity contribution in [3.05, 3.63) is 81.8 Å². The predicted molar refractivity (Wildman–Crippen MR) is 114 cm³/mol. The maximum atomic E-state index is 12.4. The second-order valence-electron chi connectivity index (χ2n) is 6.20. The minimum atomic E-state index is -0.195. The fraction of sp³-hybridized carbons (Fsp3) is 0.100. The zero-order chi connectivity index (χ0) is 20.1. The fourth-order valence-corrected chi connectivity index (χ4v) is 4.03. The molecular formula is C20H17N5O2S2. The third-order valence-corrected chi connectivity index (χ3v) is 5.65. The number of thiazole rings is 1. The Balaban J connectivity index is 1.33. The van der Waals surface area contributed by atoms with Gasteiger partial charge >= 0.3 is 0 Å². The number of nitrogens with zero attached hydrogens (tertiary/aromatic N) is 3. The van der Waals surface area contributed by atoms with Gasteiger partial charge < -0.3 is 5.32 Å². The number of benzene rings is 1. The smallest absolute Gasteiger partial charge is 0.267 e. The topological polar surface area (TPSA) is 88.9 Å². The third kappa shape index (κ3) is 5.15. The lowest BCUT2D eigenvalue weighted by Gasteiger charge is -2.07. The van der Waals surface area contributed by atoms with Crippen LogP contribution in [0.15, 0.2) is 65.6 Å².